The van der Waals surface area contributed by atoms with Gasteiger partial charge in [-0.15, -0.1) is 0 Å². The van der Waals surface area contributed by atoms with Crippen molar-refractivity contribution in [2.24, 2.45) is 5.73 Å². The van der Waals surface area contributed by atoms with Crippen LogP contribution in [0.5, 0.6) is 11.5 Å². The number of hydrogen-bond acceptors (Lipinski definition) is 4. The summed E-state index contributed by atoms with van der Waals surface area (Å²) >= 11 is 0. The molecule has 0 bridgehead atoms. The summed E-state index contributed by atoms with van der Waals surface area (Å²) in [5.41, 5.74) is 6.68. The van der Waals surface area contributed by atoms with Gasteiger partial charge in [0, 0.05) is 32.0 Å². The predicted molar refractivity (Wildman–Crippen MR) is 86.4 cm³/mol. The summed E-state index contributed by atoms with van der Waals surface area (Å²) in [5.74, 6) is 0.384. The topological polar surface area (TPSA) is 64.8 Å². The van der Waals surface area contributed by atoms with E-state index in [1.807, 2.05) is 13.8 Å². The molecule has 0 aliphatic carbocycles. The lowest BCUT2D eigenvalue weighted by atomic mass is 9.96. The van der Waals surface area contributed by atoms with Crippen molar-refractivity contribution in [1.82, 2.24) is 4.90 Å². The van der Waals surface area contributed by atoms with E-state index < -0.39 is 6.61 Å². The summed E-state index contributed by atoms with van der Waals surface area (Å²) in [6.07, 6.45) is 0.570. The summed E-state index contributed by atoms with van der Waals surface area (Å²) in [5, 5.41) is 0. The lowest BCUT2D eigenvalue weighted by Crippen LogP contribution is -2.38. The van der Waals surface area contributed by atoms with Gasteiger partial charge >= 0.3 is 6.61 Å². The number of carbonyl (C=O) groups is 1. The van der Waals surface area contributed by atoms with Crippen molar-refractivity contribution in [2.45, 2.75) is 51.9 Å². The Balaban J connectivity index is 2.26. The molecule has 7 heteroatoms. The summed E-state index contributed by atoms with van der Waals surface area (Å²) in [6, 6.07) is 4.96. The van der Waals surface area contributed by atoms with E-state index in [0.717, 1.165) is 12.0 Å². The SMILES string of the molecule is CC(=O)N1C[C@H](c2ccc(OC(F)F)c(OC(C)C)c2)C[C@@H]1CN. The van der Waals surface area contributed by atoms with Crippen molar-refractivity contribution >= 4 is 5.91 Å². The molecular weight excluding hydrogens is 318 g/mol. The largest absolute Gasteiger partial charge is 0.487 e. The third-order valence-corrected chi connectivity index (χ3v) is 4.11. The zero-order chi connectivity index (χ0) is 17.9. The van der Waals surface area contributed by atoms with Crippen molar-refractivity contribution in [3.63, 3.8) is 0 Å². The zero-order valence-corrected chi connectivity index (χ0v) is 14.2. The Morgan fingerprint density at radius 2 is 2.04 bits per heavy atom. The Bertz CT molecular complexity index is 581. The average Bonchev–Trinajstić information content (AvgIpc) is 2.92. The van der Waals surface area contributed by atoms with Crippen LogP contribution in [0.3, 0.4) is 0 Å². The maximum atomic E-state index is 12.5. The van der Waals surface area contributed by atoms with Crippen LogP contribution in [0, 0.1) is 0 Å². The number of halogens is 2. The Morgan fingerprint density at radius 3 is 2.54 bits per heavy atom. The van der Waals surface area contributed by atoms with Gasteiger partial charge in [-0.05, 0) is 38.0 Å². The quantitative estimate of drug-likeness (QED) is 0.863. The third kappa shape index (κ3) is 4.35. The van der Waals surface area contributed by atoms with Crippen LogP contribution < -0.4 is 15.2 Å². The van der Waals surface area contributed by atoms with Gasteiger partial charge in [0.15, 0.2) is 11.5 Å². The van der Waals surface area contributed by atoms with Crippen LogP contribution in [0.4, 0.5) is 8.78 Å². The fourth-order valence-electron chi connectivity index (χ4n) is 3.09. The molecule has 1 aliphatic heterocycles. The highest BCUT2D eigenvalue weighted by Gasteiger charge is 2.34. The Labute approximate surface area is 140 Å². The van der Waals surface area contributed by atoms with Crippen molar-refractivity contribution < 1.29 is 23.0 Å². The highest BCUT2D eigenvalue weighted by atomic mass is 19.3. The monoisotopic (exact) mass is 342 g/mol. The molecule has 2 N–H and O–H groups in total. The normalized spacial score (nSPS) is 20.8. The molecule has 0 unspecified atom stereocenters. The van der Waals surface area contributed by atoms with Crippen LogP contribution in [0.2, 0.25) is 0 Å². The second-order valence-electron chi connectivity index (χ2n) is 6.24. The second kappa shape index (κ2) is 7.79. The Morgan fingerprint density at radius 1 is 1.33 bits per heavy atom. The molecular formula is C17H24F2N2O3. The van der Waals surface area contributed by atoms with E-state index in [9.17, 15) is 13.6 Å². The van der Waals surface area contributed by atoms with E-state index in [0.29, 0.717) is 13.1 Å². The molecule has 1 fully saturated rings. The minimum Gasteiger partial charge on any atom is -0.487 e. The first-order valence-electron chi connectivity index (χ1n) is 8.04. The molecule has 134 valence electrons. The second-order valence-corrected chi connectivity index (χ2v) is 6.24. The number of hydrogen-bond donors (Lipinski definition) is 1. The number of benzene rings is 1. The number of nitrogens with two attached hydrogens (primary N) is 1. The molecule has 1 aliphatic rings. The summed E-state index contributed by atoms with van der Waals surface area (Å²) in [6.45, 7) is 3.21. The van der Waals surface area contributed by atoms with E-state index in [2.05, 4.69) is 4.74 Å². The van der Waals surface area contributed by atoms with Crippen LogP contribution >= 0.6 is 0 Å². The van der Waals surface area contributed by atoms with Gasteiger partial charge in [0.2, 0.25) is 5.91 Å². The van der Waals surface area contributed by atoms with Gasteiger partial charge in [-0.25, -0.2) is 0 Å². The fraction of sp³-hybridized carbons (Fsp3) is 0.588. The zero-order valence-electron chi connectivity index (χ0n) is 14.2. The van der Waals surface area contributed by atoms with Crippen LogP contribution in [-0.2, 0) is 4.79 Å². The minimum absolute atomic E-state index is 0.000965. The van der Waals surface area contributed by atoms with Crippen molar-refractivity contribution in [3.05, 3.63) is 23.8 Å². The molecule has 0 aromatic heterocycles. The lowest BCUT2D eigenvalue weighted by Gasteiger charge is -2.21. The number of rotatable bonds is 6. The minimum atomic E-state index is -2.91. The maximum absolute atomic E-state index is 12.5. The molecule has 1 saturated heterocycles. The first-order valence-corrected chi connectivity index (χ1v) is 8.04. The van der Waals surface area contributed by atoms with Crippen LogP contribution in [-0.4, -0.2) is 42.7 Å². The van der Waals surface area contributed by atoms with Crippen LogP contribution in [0.1, 0.15) is 38.7 Å². The van der Waals surface area contributed by atoms with Crippen molar-refractivity contribution in [3.8, 4) is 11.5 Å². The molecule has 1 amide bonds. The van der Waals surface area contributed by atoms with Crippen LogP contribution in [0.25, 0.3) is 0 Å². The highest BCUT2D eigenvalue weighted by molar-refractivity contribution is 5.74. The third-order valence-electron chi connectivity index (χ3n) is 4.11. The van der Waals surface area contributed by atoms with Gasteiger partial charge in [-0.1, -0.05) is 6.07 Å². The van der Waals surface area contributed by atoms with Gasteiger partial charge in [-0.3, -0.25) is 4.79 Å². The molecule has 24 heavy (non-hydrogen) atoms. The summed E-state index contributed by atoms with van der Waals surface area (Å²) < 4.78 is 35.2. The first kappa shape index (κ1) is 18.4. The number of nitrogens with zero attached hydrogens (tertiary/aromatic N) is 1. The van der Waals surface area contributed by atoms with Gasteiger partial charge in [-0.2, -0.15) is 8.78 Å². The number of alkyl halides is 2. The summed E-state index contributed by atoms with van der Waals surface area (Å²) in [4.78, 5) is 13.5. The lowest BCUT2D eigenvalue weighted by molar-refractivity contribution is -0.129. The number of carbonyl (C=O) groups excluding carboxylic acids is 1. The van der Waals surface area contributed by atoms with Crippen molar-refractivity contribution in [2.75, 3.05) is 13.1 Å². The van der Waals surface area contributed by atoms with E-state index >= 15 is 0 Å². The van der Waals surface area contributed by atoms with Crippen molar-refractivity contribution in [1.29, 1.82) is 0 Å². The van der Waals surface area contributed by atoms with Gasteiger partial charge < -0.3 is 20.1 Å². The first-order chi connectivity index (χ1) is 11.3. The molecule has 1 aromatic rings. The predicted octanol–water partition coefficient (Wildman–Crippen LogP) is 2.74. The van der Waals surface area contributed by atoms with Gasteiger partial charge in [0.25, 0.3) is 0 Å². The molecule has 0 saturated carbocycles. The van der Waals surface area contributed by atoms with E-state index in [1.54, 1.807) is 17.0 Å². The molecule has 0 radical (unpaired) electrons. The number of likely N-dealkylation sites (tertiary alicyclic amines) is 1. The van der Waals surface area contributed by atoms with Crippen LogP contribution in [0.15, 0.2) is 18.2 Å². The molecule has 2 atom stereocenters. The molecule has 1 heterocycles. The van der Waals surface area contributed by atoms with Gasteiger partial charge in [0.1, 0.15) is 0 Å². The molecule has 1 aromatic carbocycles. The van der Waals surface area contributed by atoms with E-state index in [4.69, 9.17) is 10.5 Å². The Kier molecular flexibility index (Phi) is 5.99. The molecule has 0 spiro atoms. The fourth-order valence-corrected chi connectivity index (χ4v) is 3.09. The average molecular weight is 342 g/mol. The Hall–Kier alpha value is -1.89. The molecule has 5 nitrogen and oxygen atoms in total. The van der Waals surface area contributed by atoms with E-state index in [1.165, 1.54) is 13.0 Å². The standard InChI is InChI=1S/C17H24F2N2O3/c1-10(2)23-16-7-12(4-5-15(16)24-17(18)19)13-6-14(8-20)21(9-13)11(3)22/h4-5,7,10,13-14,17H,6,8-9,20H2,1-3H3/t13-,14-/m1/s1. The highest BCUT2D eigenvalue weighted by Crippen LogP contribution is 2.37. The van der Waals surface area contributed by atoms with E-state index in [-0.39, 0.29) is 35.5 Å². The summed E-state index contributed by atoms with van der Waals surface area (Å²) in [7, 11) is 0. The number of amides is 1. The maximum Gasteiger partial charge on any atom is 0.387 e. The number of ether oxygens (including phenoxy) is 2. The molecule has 2 rings (SSSR count). The smallest absolute Gasteiger partial charge is 0.387 e. The van der Waals surface area contributed by atoms with Gasteiger partial charge in [0.05, 0.1) is 6.10 Å².